The van der Waals surface area contributed by atoms with E-state index in [2.05, 4.69) is 54.9 Å². The minimum Gasteiger partial charge on any atom is -0.300 e. The number of hydrogen-bond donors (Lipinski definition) is 0. The summed E-state index contributed by atoms with van der Waals surface area (Å²) in [5.74, 6) is 1.16. The van der Waals surface area contributed by atoms with Gasteiger partial charge in [-0.25, -0.2) is 9.67 Å². The molecule has 0 radical (unpaired) electrons. The third kappa shape index (κ3) is 3.46. The highest BCUT2D eigenvalue weighted by molar-refractivity contribution is 5.14. The van der Waals surface area contributed by atoms with Crippen molar-refractivity contribution >= 4 is 0 Å². The van der Waals surface area contributed by atoms with Crippen LogP contribution in [0.2, 0.25) is 0 Å². The van der Waals surface area contributed by atoms with E-state index in [1.807, 2.05) is 0 Å². The van der Waals surface area contributed by atoms with Crippen molar-refractivity contribution in [2.24, 2.45) is 0 Å². The number of fused-ring (bicyclic) bond motifs is 1. The molecule has 2 aliphatic rings. The van der Waals surface area contributed by atoms with Gasteiger partial charge >= 0.3 is 0 Å². The molecule has 1 unspecified atom stereocenters. The van der Waals surface area contributed by atoms with Crippen LogP contribution in [-0.4, -0.2) is 57.3 Å². The summed E-state index contributed by atoms with van der Waals surface area (Å²) in [6, 6.07) is 11.3. The molecule has 5 heteroatoms. The molecule has 0 spiro atoms. The average molecular weight is 311 g/mol. The first kappa shape index (κ1) is 14.8. The zero-order valence-corrected chi connectivity index (χ0v) is 13.6. The smallest absolute Gasteiger partial charge is 0.138 e. The van der Waals surface area contributed by atoms with E-state index in [0.29, 0.717) is 6.04 Å². The van der Waals surface area contributed by atoms with Crippen LogP contribution in [-0.2, 0) is 13.0 Å². The highest BCUT2D eigenvalue weighted by atomic mass is 15.4. The summed E-state index contributed by atoms with van der Waals surface area (Å²) in [6.07, 6.45) is 5.23. The van der Waals surface area contributed by atoms with Crippen molar-refractivity contribution in [2.75, 3.05) is 32.7 Å². The van der Waals surface area contributed by atoms with Crippen LogP contribution in [0.3, 0.4) is 0 Å². The summed E-state index contributed by atoms with van der Waals surface area (Å²) in [6.45, 7) is 6.91. The Hall–Kier alpha value is -1.72. The van der Waals surface area contributed by atoms with Crippen LogP contribution in [0.4, 0.5) is 0 Å². The molecule has 1 saturated heterocycles. The van der Waals surface area contributed by atoms with Crippen LogP contribution in [0.15, 0.2) is 36.7 Å². The van der Waals surface area contributed by atoms with Gasteiger partial charge in [-0.2, -0.15) is 5.10 Å². The molecule has 23 heavy (non-hydrogen) atoms. The summed E-state index contributed by atoms with van der Waals surface area (Å²) >= 11 is 0. The van der Waals surface area contributed by atoms with Gasteiger partial charge in [0.15, 0.2) is 0 Å². The van der Waals surface area contributed by atoms with Crippen molar-refractivity contribution in [2.45, 2.75) is 31.8 Å². The molecule has 4 rings (SSSR count). The Morgan fingerprint density at radius 2 is 1.83 bits per heavy atom. The lowest BCUT2D eigenvalue weighted by Gasteiger charge is -2.24. The zero-order valence-electron chi connectivity index (χ0n) is 13.6. The Balaban J connectivity index is 1.31. The third-order valence-electron chi connectivity index (χ3n) is 5.09. The fourth-order valence-corrected chi connectivity index (χ4v) is 3.85. The SMILES string of the molecule is c1ccc(CN2CCCN(CC3CCc4ncnn43)CC2)cc1. The van der Waals surface area contributed by atoms with Crippen LogP contribution < -0.4 is 0 Å². The van der Waals surface area contributed by atoms with Gasteiger partial charge in [0.05, 0.1) is 6.04 Å². The van der Waals surface area contributed by atoms with Crippen molar-refractivity contribution in [3.63, 3.8) is 0 Å². The van der Waals surface area contributed by atoms with Gasteiger partial charge in [-0.15, -0.1) is 0 Å². The van der Waals surface area contributed by atoms with E-state index in [-0.39, 0.29) is 0 Å². The van der Waals surface area contributed by atoms with Crippen LogP contribution in [0.25, 0.3) is 0 Å². The minimum absolute atomic E-state index is 0.521. The molecule has 0 N–H and O–H groups in total. The monoisotopic (exact) mass is 311 g/mol. The van der Waals surface area contributed by atoms with Crippen LogP contribution >= 0.6 is 0 Å². The summed E-state index contributed by atoms with van der Waals surface area (Å²) in [4.78, 5) is 9.55. The normalized spacial score (nSPS) is 22.9. The van der Waals surface area contributed by atoms with E-state index >= 15 is 0 Å². The van der Waals surface area contributed by atoms with Gasteiger partial charge in [-0.3, -0.25) is 9.80 Å². The second-order valence-corrected chi connectivity index (χ2v) is 6.73. The fraction of sp³-hybridized carbons (Fsp3) is 0.556. The van der Waals surface area contributed by atoms with Gasteiger partial charge in [-0.05, 0) is 31.5 Å². The molecule has 0 aliphatic carbocycles. The first-order chi connectivity index (χ1) is 11.4. The second-order valence-electron chi connectivity index (χ2n) is 6.73. The van der Waals surface area contributed by atoms with Gasteiger partial charge < -0.3 is 0 Å². The topological polar surface area (TPSA) is 37.2 Å². The Kier molecular flexibility index (Phi) is 4.39. The van der Waals surface area contributed by atoms with Crippen molar-refractivity contribution in [3.05, 3.63) is 48.0 Å². The average Bonchev–Trinajstić information content (AvgIpc) is 3.11. The molecule has 2 aliphatic heterocycles. The lowest BCUT2D eigenvalue weighted by atomic mass is 10.2. The first-order valence-electron chi connectivity index (χ1n) is 8.75. The third-order valence-corrected chi connectivity index (χ3v) is 5.09. The predicted molar refractivity (Wildman–Crippen MR) is 90.2 cm³/mol. The minimum atomic E-state index is 0.521. The maximum atomic E-state index is 4.41. The second kappa shape index (κ2) is 6.81. The summed E-state index contributed by atoms with van der Waals surface area (Å²) in [7, 11) is 0. The molecular formula is C18H25N5. The van der Waals surface area contributed by atoms with Crippen LogP contribution in [0.1, 0.15) is 30.3 Å². The maximum Gasteiger partial charge on any atom is 0.138 e. The van der Waals surface area contributed by atoms with E-state index in [1.54, 1.807) is 6.33 Å². The molecule has 122 valence electrons. The molecular weight excluding hydrogens is 286 g/mol. The highest BCUT2D eigenvalue weighted by Gasteiger charge is 2.26. The van der Waals surface area contributed by atoms with E-state index in [0.717, 1.165) is 38.4 Å². The van der Waals surface area contributed by atoms with Gasteiger partial charge in [0, 0.05) is 32.6 Å². The lowest BCUT2D eigenvalue weighted by Crippen LogP contribution is -2.34. The molecule has 2 aromatic rings. The van der Waals surface area contributed by atoms with Crippen molar-refractivity contribution in [1.82, 2.24) is 24.6 Å². The molecule has 0 amide bonds. The summed E-state index contributed by atoms with van der Waals surface area (Å²) < 4.78 is 2.15. The molecule has 3 heterocycles. The summed E-state index contributed by atoms with van der Waals surface area (Å²) in [5, 5.41) is 4.41. The predicted octanol–water partition coefficient (Wildman–Crippen LogP) is 1.97. The number of benzene rings is 1. The Morgan fingerprint density at radius 1 is 1.00 bits per heavy atom. The largest absolute Gasteiger partial charge is 0.300 e. The summed E-state index contributed by atoms with van der Waals surface area (Å²) in [5.41, 5.74) is 1.42. The van der Waals surface area contributed by atoms with Gasteiger partial charge in [0.1, 0.15) is 12.2 Å². The van der Waals surface area contributed by atoms with Gasteiger partial charge in [0.25, 0.3) is 0 Å². The number of hydrogen-bond acceptors (Lipinski definition) is 4. The van der Waals surface area contributed by atoms with Crippen molar-refractivity contribution in [1.29, 1.82) is 0 Å². The van der Waals surface area contributed by atoms with E-state index in [4.69, 9.17) is 0 Å². The highest BCUT2D eigenvalue weighted by Crippen LogP contribution is 2.24. The molecule has 1 fully saturated rings. The Bertz CT molecular complexity index is 623. The molecule has 1 aromatic heterocycles. The van der Waals surface area contributed by atoms with E-state index in [9.17, 15) is 0 Å². The standard InChI is InChI=1S/C18H25N5/c1-2-5-16(6-3-1)13-21-9-4-10-22(12-11-21)14-17-7-8-18-19-15-20-23(17)18/h1-3,5-6,15,17H,4,7-14H2. The van der Waals surface area contributed by atoms with Gasteiger partial charge in [-0.1, -0.05) is 30.3 Å². The van der Waals surface area contributed by atoms with Crippen LogP contribution in [0, 0.1) is 0 Å². The lowest BCUT2D eigenvalue weighted by molar-refractivity contribution is 0.223. The molecule has 1 atom stereocenters. The number of nitrogens with zero attached hydrogens (tertiary/aromatic N) is 5. The van der Waals surface area contributed by atoms with Crippen molar-refractivity contribution < 1.29 is 0 Å². The van der Waals surface area contributed by atoms with Crippen LogP contribution in [0.5, 0.6) is 0 Å². The number of aryl methyl sites for hydroxylation is 1. The first-order valence-corrected chi connectivity index (χ1v) is 8.75. The number of rotatable bonds is 4. The van der Waals surface area contributed by atoms with E-state index in [1.165, 1.54) is 31.5 Å². The zero-order chi connectivity index (χ0) is 15.5. The number of aromatic nitrogens is 3. The van der Waals surface area contributed by atoms with Crippen molar-refractivity contribution in [3.8, 4) is 0 Å². The quantitative estimate of drug-likeness (QED) is 0.865. The molecule has 0 saturated carbocycles. The molecule has 1 aromatic carbocycles. The van der Waals surface area contributed by atoms with Gasteiger partial charge in [0.2, 0.25) is 0 Å². The molecule has 5 nitrogen and oxygen atoms in total. The Morgan fingerprint density at radius 3 is 2.74 bits per heavy atom. The van der Waals surface area contributed by atoms with E-state index < -0.39 is 0 Å². The molecule has 0 bridgehead atoms. The maximum absolute atomic E-state index is 4.41. The fourth-order valence-electron chi connectivity index (χ4n) is 3.85. The Labute approximate surface area is 137 Å².